The van der Waals surface area contributed by atoms with E-state index < -0.39 is 0 Å². The quantitative estimate of drug-likeness (QED) is 0.916. The topological polar surface area (TPSA) is 35.6 Å². The summed E-state index contributed by atoms with van der Waals surface area (Å²) < 4.78 is 0. The minimum atomic E-state index is 0.0255. The number of para-hydroxylation sites is 1. The van der Waals surface area contributed by atoms with Gasteiger partial charge in [0, 0.05) is 24.9 Å². The maximum atomic E-state index is 11.9. The van der Waals surface area contributed by atoms with E-state index in [1.54, 1.807) is 6.08 Å². The largest absolute Gasteiger partial charge is 0.337 e. The fourth-order valence-electron chi connectivity index (χ4n) is 3.08. The molecule has 0 unspecified atom stereocenters. The van der Waals surface area contributed by atoms with Gasteiger partial charge < -0.3 is 15.1 Å². The average molecular weight is 271 g/mol. The lowest BCUT2D eigenvalue weighted by atomic mass is 10.1. The molecule has 1 fully saturated rings. The van der Waals surface area contributed by atoms with Crippen LogP contribution in [0.3, 0.4) is 0 Å². The molecule has 0 spiro atoms. The number of nitrogens with zero attached hydrogens (tertiary/aromatic N) is 2. The van der Waals surface area contributed by atoms with Gasteiger partial charge in [0.1, 0.15) is 12.0 Å². The van der Waals surface area contributed by atoms with Crippen LogP contribution < -0.4 is 10.2 Å². The summed E-state index contributed by atoms with van der Waals surface area (Å²) >= 11 is 0. The predicted molar refractivity (Wildman–Crippen MR) is 80.0 cm³/mol. The van der Waals surface area contributed by atoms with Gasteiger partial charge >= 0.3 is 0 Å². The molecule has 0 saturated carbocycles. The van der Waals surface area contributed by atoms with Gasteiger partial charge in [0.15, 0.2) is 0 Å². The first-order valence-corrected chi connectivity index (χ1v) is 7.41. The molecular formula is C16H21N3O. The Labute approximate surface area is 120 Å². The highest BCUT2D eigenvalue weighted by atomic mass is 16.1. The number of piperidine rings is 1. The Morgan fingerprint density at radius 2 is 2.10 bits per heavy atom. The van der Waals surface area contributed by atoms with Gasteiger partial charge in [-0.3, -0.25) is 4.79 Å². The second kappa shape index (κ2) is 5.57. The van der Waals surface area contributed by atoms with Gasteiger partial charge in [0.2, 0.25) is 5.91 Å². The van der Waals surface area contributed by atoms with E-state index in [0.717, 1.165) is 31.0 Å². The van der Waals surface area contributed by atoms with Gasteiger partial charge in [-0.05, 0) is 38.3 Å². The Morgan fingerprint density at radius 1 is 1.30 bits per heavy atom. The molecule has 2 aliphatic heterocycles. The van der Waals surface area contributed by atoms with Crippen molar-refractivity contribution in [3.8, 4) is 0 Å². The Hall–Kier alpha value is -1.97. The van der Waals surface area contributed by atoms with Gasteiger partial charge in [0.05, 0.1) is 0 Å². The number of hydrogen-bond acceptors (Lipinski definition) is 3. The van der Waals surface area contributed by atoms with Gasteiger partial charge in [-0.25, -0.2) is 0 Å². The van der Waals surface area contributed by atoms with Crippen LogP contribution in [0.25, 0.3) is 0 Å². The highest BCUT2D eigenvalue weighted by molar-refractivity contribution is 5.90. The monoisotopic (exact) mass is 271 g/mol. The number of anilines is 1. The molecule has 2 aliphatic rings. The molecule has 1 N–H and O–H groups in total. The lowest BCUT2D eigenvalue weighted by molar-refractivity contribution is -0.119. The number of carbonyl (C=O) groups is 1. The zero-order valence-electron chi connectivity index (χ0n) is 11.9. The van der Waals surface area contributed by atoms with Crippen LogP contribution in [-0.4, -0.2) is 30.1 Å². The van der Waals surface area contributed by atoms with E-state index in [0.29, 0.717) is 0 Å². The fourth-order valence-corrected chi connectivity index (χ4v) is 3.08. The highest BCUT2D eigenvalue weighted by Gasteiger charge is 2.32. The average Bonchev–Trinajstić information content (AvgIpc) is 2.49. The second-order valence-electron chi connectivity index (χ2n) is 5.30. The van der Waals surface area contributed by atoms with Crippen molar-refractivity contribution in [1.82, 2.24) is 10.2 Å². The van der Waals surface area contributed by atoms with Gasteiger partial charge in [-0.2, -0.15) is 0 Å². The third-order valence-electron chi connectivity index (χ3n) is 4.03. The van der Waals surface area contributed by atoms with E-state index in [-0.39, 0.29) is 12.1 Å². The minimum absolute atomic E-state index is 0.0255. The number of hydrogen-bond donors (Lipinski definition) is 1. The summed E-state index contributed by atoms with van der Waals surface area (Å²) in [6.45, 7) is 3.99. The molecule has 3 rings (SSSR count). The molecule has 4 heteroatoms. The molecule has 2 heterocycles. The first kappa shape index (κ1) is 13.0. The Kier molecular flexibility index (Phi) is 3.63. The summed E-state index contributed by atoms with van der Waals surface area (Å²) in [6.07, 6.45) is 5.31. The molecule has 20 heavy (non-hydrogen) atoms. The summed E-state index contributed by atoms with van der Waals surface area (Å²) in [5.74, 6) is 1.06. The van der Waals surface area contributed by atoms with Crippen molar-refractivity contribution in [3.05, 3.63) is 42.2 Å². The van der Waals surface area contributed by atoms with E-state index in [4.69, 9.17) is 0 Å². The van der Waals surface area contributed by atoms with Crippen LogP contribution in [0.2, 0.25) is 0 Å². The maximum absolute atomic E-state index is 11.9. The Balaban J connectivity index is 1.94. The smallest absolute Gasteiger partial charge is 0.249 e. The van der Waals surface area contributed by atoms with E-state index >= 15 is 0 Å². The molecule has 1 aromatic carbocycles. The Morgan fingerprint density at radius 3 is 2.85 bits per heavy atom. The molecule has 106 valence electrons. The van der Waals surface area contributed by atoms with Crippen molar-refractivity contribution in [2.45, 2.75) is 32.4 Å². The first-order chi connectivity index (χ1) is 9.79. The summed E-state index contributed by atoms with van der Waals surface area (Å²) in [5, 5.41) is 3.06. The fraction of sp³-hybridized carbons (Fsp3) is 0.438. The van der Waals surface area contributed by atoms with Crippen molar-refractivity contribution < 1.29 is 4.79 Å². The molecule has 1 aromatic rings. The van der Waals surface area contributed by atoms with Crippen LogP contribution in [-0.2, 0) is 4.79 Å². The second-order valence-corrected chi connectivity index (χ2v) is 5.30. The highest BCUT2D eigenvalue weighted by Crippen LogP contribution is 2.28. The van der Waals surface area contributed by atoms with Gasteiger partial charge in [-0.15, -0.1) is 0 Å². The van der Waals surface area contributed by atoms with Crippen LogP contribution in [0.4, 0.5) is 5.69 Å². The van der Waals surface area contributed by atoms with Gasteiger partial charge in [0.25, 0.3) is 0 Å². The standard InChI is InChI=1S/C16H21N3O/c1-2-18(13-8-4-3-5-9-13)16-12-15(20)17-14-10-6-7-11-19(14)16/h3-5,8-9,12,14H,2,6-7,10-11H2,1H3,(H,17,20)/t14-/m1/s1. The van der Waals surface area contributed by atoms with E-state index in [1.807, 2.05) is 18.2 Å². The number of fused-ring (bicyclic) bond motifs is 1. The molecule has 1 amide bonds. The third-order valence-corrected chi connectivity index (χ3v) is 4.03. The lowest BCUT2D eigenvalue weighted by Crippen LogP contribution is -2.56. The Bertz CT molecular complexity index is 512. The van der Waals surface area contributed by atoms with E-state index in [2.05, 4.69) is 34.2 Å². The molecule has 1 saturated heterocycles. The summed E-state index contributed by atoms with van der Waals surface area (Å²) in [4.78, 5) is 16.5. The van der Waals surface area contributed by atoms with Crippen LogP contribution in [0.1, 0.15) is 26.2 Å². The molecule has 0 aliphatic carbocycles. The molecule has 0 radical (unpaired) electrons. The summed E-state index contributed by atoms with van der Waals surface area (Å²) in [6, 6.07) is 10.3. The maximum Gasteiger partial charge on any atom is 0.249 e. The van der Waals surface area contributed by atoms with E-state index in [9.17, 15) is 4.79 Å². The van der Waals surface area contributed by atoms with Crippen LogP contribution in [0.5, 0.6) is 0 Å². The lowest BCUT2D eigenvalue weighted by Gasteiger charge is -2.45. The van der Waals surface area contributed by atoms with Crippen molar-refractivity contribution in [2.75, 3.05) is 18.0 Å². The normalized spacial score (nSPS) is 21.9. The number of nitrogens with one attached hydrogen (secondary N) is 1. The number of benzene rings is 1. The van der Waals surface area contributed by atoms with E-state index in [1.165, 1.54) is 12.8 Å². The zero-order valence-corrected chi connectivity index (χ0v) is 11.9. The van der Waals surface area contributed by atoms with Gasteiger partial charge in [-0.1, -0.05) is 18.2 Å². The minimum Gasteiger partial charge on any atom is -0.337 e. The molecule has 0 bridgehead atoms. The first-order valence-electron chi connectivity index (χ1n) is 7.41. The predicted octanol–water partition coefficient (Wildman–Crippen LogP) is 2.30. The summed E-state index contributed by atoms with van der Waals surface area (Å²) in [7, 11) is 0. The third kappa shape index (κ3) is 2.38. The number of rotatable bonds is 3. The van der Waals surface area contributed by atoms with Crippen molar-refractivity contribution in [3.63, 3.8) is 0 Å². The SMILES string of the molecule is CCN(C1=CC(=O)N[C@H]2CCCCN12)c1ccccc1. The van der Waals surface area contributed by atoms with Crippen LogP contribution >= 0.6 is 0 Å². The van der Waals surface area contributed by atoms with Crippen LogP contribution in [0, 0.1) is 0 Å². The molecule has 4 nitrogen and oxygen atoms in total. The van der Waals surface area contributed by atoms with Crippen molar-refractivity contribution in [2.24, 2.45) is 0 Å². The van der Waals surface area contributed by atoms with Crippen molar-refractivity contribution >= 4 is 11.6 Å². The molecular weight excluding hydrogens is 250 g/mol. The number of amides is 1. The van der Waals surface area contributed by atoms with Crippen molar-refractivity contribution in [1.29, 1.82) is 0 Å². The summed E-state index contributed by atoms with van der Waals surface area (Å²) in [5.41, 5.74) is 1.14. The molecule has 0 aromatic heterocycles. The molecule has 1 atom stereocenters. The van der Waals surface area contributed by atoms with Crippen LogP contribution in [0.15, 0.2) is 42.2 Å². The zero-order chi connectivity index (χ0) is 13.9. The number of carbonyl (C=O) groups excluding carboxylic acids is 1.